The average Bonchev–Trinajstić information content (AvgIpc) is 2.88. The van der Waals surface area contributed by atoms with E-state index in [2.05, 4.69) is 52.9 Å². The molecule has 2 aromatic heterocycles. The Kier molecular flexibility index (Phi) is 3.33. The van der Waals surface area contributed by atoms with Crippen LogP contribution in [-0.2, 0) is 5.33 Å². The minimum Gasteiger partial charge on any atom is -0.288 e. The third-order valence-electron chi connectivity index (χ3n) is 3.83. The monoisotopic (exact) mass is 498 g/mol. The lowest BCUT2D eigenvalue weighted by Crippen LogP contribution is -2.28. The van der Waals surface area contributed by atoms with Gasteiger partial charge in [0.2, 0.25) is 17.0 Å². The second-order valence-corrected chi connectivity index (χ2v) is 7.32. The number of rotatable bonds is 1. The highest BCUT2D eigenvalue weighted by molar-refractivity contribution is 9.12. The van der Waals surface area contributed by atoms with Gasteiger partial charge in [-0.05, 0) is 44.0 Å². The standard InChI is InChI=1S/C15H5Br3N2O3/c16-4-8-5-1-2-6(17)10-12(5)20(19-8)13-9(21)3-7(18)14(22)11(13)15(10)23/h1-3H,4H2. The quantitative estimate of drug-likeness (QED) is 0.479. The van der Waals surface area contributed by atoms with Crippen LogP contribution in [-0.4, -0.2) is 21.2 Å². The van der Waals surface area contributed by atoms with Crippen molar-refractivity contribution in [2.45, 2.75) is 5.33 Å². The first kappa shape index (κ1) is 15.2. The van der Waals surface area contributed by atoms with E-state index in [9.17, 15) is 14.4 Å². The number of fused-ring (bicyclic) bond motifs is 2. The minimum absolute atomic E-state index is 0.0194. The molecule has 114 valence electrons. The van der Waals surface area contributed by atoms with E-state index in [1.54, 1.807) is 6.07 Å². The normalized spacial score (nSPS) is 14.7. The molecule has 4 rings (SSSR count). The van der Waals surface area contributed by atoms with E-state index in [-0.39, 0.29) is 15.7 Å². The molecule has 0 saturated carbocycles. The highest BCUT2D eigenvalue weighted by Gasteiger charge is 2.33. The van der Waals surface area contributed by atoms with Crippen LogP contribution in [0.15, 0.2) is 32.0 Å². The van der Waals surface area contributed by atoms with Gasteiger partial charge >= 0.3 is 0 Å². The summed E-state index contributed by atoms with van der Waals surface area (Å²) in [7, 11) is 0. The number of ketones is 2. The van der Waals surface area contributed by atoms with Crippen molar-refractivity contribution in [1.29, 1.82) is 0 Å². The Morgan fingerprint density at radius 1 is 1.13 bits per heavy atom. The van der Waals surface area contributed by atoms with E-state index in [0.717, 1.165) is 5.39 Å². The first-order valence-electron chi connectivity index (χ1n) is 6.47. The summed E-state index contributed by atoms with van der Waals surface area (Å²) in [6.07, 6.45) is 1.18. The van der Waals surface area contributed by atoms with E-state index in [0.29, 0.717) is 26.4 Å². The Hall–Kier alpha value is -1.38. The summed E-state index contributed by atoms with van der Waals surface area (Å²) in [4.78, 5) is 37.7. The fraction of sp³-hybridized carbons (Fsp3) is 0.0667. The van der Waals surface area contributed by atoms with Crippen molar-refractivity contribution in [3.63, 3.8) is 0 Å². The zero-order valence-corrected chi connectivity index (χ0v) is 16.0. The minimum atomic E-state index is -0.505. The molecule has 0 saturated heterocycles. The fourth-order valence-electron chi connectivity index (χ4n) is 2.87. The Morgan fingerprint density at radius 3 is 2.57 bits per heavy atom. The number of hydrogen-bond acceptors (Lipinski definition) is 4. The predicted molar refractivity (Wildman–Crippen MR) is 96.2 cm³/mol. The summed E-state index contributed by atoms with van der Waals surface area (Å²) in [6.45, 7) is 0. The average molecular weight is 501 g/mol. The van der Waals surface area contributed by atoms with E-state index in [4.69, 9.17) is 0 Å². The van der Waals surface area contributed by atoms with Gasteiger partial charge < -0.3 is 0 Å². The van der Waals surface area contributed by atoms with Crippen molar-refractivity contribution in [3.8, 4) is 0 Å². The maximum atomic E-state index is 12.9. The summed E-state index contributed by atoms with van der Waals surface area (Å²) < 4.78 is 2.06. The van der Waals surface area contributed by atoms with Crippen molar-refractivity contribution < 1.29 is 9.59 Å². The first-order chi connectivity index (χ1) is 11.0. The Morgan fingerprint density at radius 2 is 1.87 bits per heavy atom. The number of alkyl halides is 1. The lowest BCUT2D eigenvalue weighted by Gasteiger charge is -2.14. The number of aromatic nitrogens is 2. The zero-order chi connectivity index (χ0) is 16.5. The van der Waals surface area contributed by atoms with Crippen LogP contribution in [0, 0.1) is 0 Å². The van der Waals surface area contributed by atoms with Gasteiger partial charge in [0.1, 0.15) is 11.3 Å². The Labute approximate surface area is 154 Å². The van der Waals surface area contributed by atoms with Gasteiger partial charge in [0.25, 0.3) is 0 Å². The molecule has 0 N–H and O–H groups in total. The second kappa shape index (κ2) is 5.06. The number of carbonyl (C=O) groups excluding carboxylic acids is 2. The van der Waals surface area contributed by atoms with E-state index < -0.39 is 17.0 Å². The summed E-state index contributed by atoms with van der Waals surface area (Å²) in [5, 5.41) is 6.02. The largest absolute Gasteiger partial charge is 0.288 e. The van der Waals surface area contributed by atoms with E-state index in [1.165, 1.54) is 10.6 Å². The van der Waals surface area contributed by atoms with E-state index in [1.807, 2.05) is 6.07 Å². The zero-order valence-electron chi connectivity index (χ0n) is 11.2. The number of halogens is 3. The third kappa shape index (κ3) is 1.88. The van der Waals surface area contributed by atoms with Gasteiger partial charge in [-0.25, -0.2) is 4.52 Å². The van der Waals surface area contributed by atoms with Gasteiger partial charge in [-0.1, -0.05) is 15.9 Å². The van der Waals surface area contributed by atoms with Gasteiger partial charge in [-0.2, -0.15) is 5.10 Å². The molecule has 3 aromatic rings. The van der Waals surface area contributed by atoms with Gasteiger partial charge in [0.05, 0.1) is 21.1 Å². The number of benzene rings is 1. The lowest BCUT2D eigenvalue weighted by atomic mass is 9.96. The topological polar surface area (TPSA) is 68.5 Å². The number of Topliss-reactive ketones (excluding diaryl/α,β-unsaturated/α-hetero) is 1. The molecule has 0 spiro atoms. The van der Waals surface area contributed by atoms with Gasteiger partial charge in [0.15, 0.2) is 0 Å². The van der Waals surface area contributed by atoms with Crippen LogP contribution in [0.2, 0.25) is 0 Å². The number of allylic oxidation sites excluding steroid dienone is 2. The number of nitrogens with zero attached hydrogens (tertiary/aromatic N) is 2. The molecule has 8 heteroatoms. The maximum absolute atomic E-state index is 12.9. The highest BCUT2D eigenvalue weighted by atomic mass is 79.9. The van der Waals surface area contributed by atoms with Crippen molar-refractivity contribution in [2.24, 2.45) is 0 Å². The molecule has 1 aliphatic carbocycles. The molecule has 0 unspecified atom stereocenters. The number of hydrogen-bond donors (Lipinski definition) is 0. The van der Waals surface area contributed by atoms with Crippen LogP contribution in [0.4, 0.5) is 0 Å². The lowest BCUT2D eigenvalue weighted by molar-refractivity contribution is 0.0985. The molecule has 0 aliphatic heterocycles. The number of pyridine rings is 1. The molecule has 1 aliphatic rings. The first-order valence-corrected chi connectivity index (χ1v) is 9.18. The van der Waals surface area contributed by atoms with Crippen LogP contribution in [0.1, 0.15) is 26.5 Å². The maximum Gasteiger partial charge on any atom is 0.206 e. The fourth-order valence-corrected chi connectivity index (χ4v) is 4.19. The van der Waals surface area contributed by atoms with Gasteiger partial charge in [0, 0.05) is 21.3 Å². The van der Waals surface area contributed by atoms with Crippen molar-refractivity contribution in [3.05, 3.63) is 54.3 Å². The molecular formula is C15H5Br3N2O3. The van der Waals surface area contributed by atoms with Crippen LogP contribution < -0.4 is 5.43 Å². The van der Waals surface area contributed by atoms with Gasteiger partial charge in [-0.3, -0.25) is 14.4 Å². The molecule has 0 radical (unpaired) electrons. The molecule has 0 bridgehead atoms. The molecule has 5 nitrogen and oxygen atoms in total. The van der Waals surface area contributed by atoms with Crippen molar-refractivity contribution in [1.82, 2.24) is 9.61 Å². The van der Waals surface area contributed by atoms with Gasteiger partial charge in [-0.15, -0.1) is 0 Å². The predicted octanol–water partition coefficient (Wildman–Crippen LogP) is 3.60. The SMILES string of the molecule is O=C1C(Br)=CC(=O)c2c1c(=O)c1c(Br)ccc3c(CBr)nn2c31. The Bertz CT molecular complexity index is 1130. The van der Waals surface area contributed by atoms with Crippen LogP contribution in [0.3, 0.4) is 0 Å². The summed E-state index contributed by atoms with van der Waals surface area (Å²) >= 11 is 9.78. The van der Waals surface area contributed by atoms with Crippen molar-refractivity contribution in [2.75, 3.05) is 0 Å². The van der Waals surface area contributed by atoms with Crippen molar-refractivity contribution >= 4 is 75.6 Å². The molecule has 0 fully saturated rings. The molecule has 23 heavy (non-hydrogen) atoms. The smallest absolute Gasteiger partial charge is 0.206 e. The summed E-state index contributed by atoms with van der Waals surface area (Å²) in [5.41, 5.74) is 0.656. The second-order valence-electron chi connectivity index (χ2n) is 5.05. The summed E-state index contributed by atoms with van der Waals surface area (Å²) in [6, 6.07) is 3.59. The number of carbonyl (C=O) groups is 2. The molecule has 0 amide bonds. The van der Waals surface area contributed by atoms with Crippen LogP contribution in [0.25, 0.3) is 16.3 Å². The molecular weight excluding hydrogens is 496 g/mol. The molecule has 1 aromatic carbocycles. The summed E-state index contributed by atoms with van der Waals surface area (Å²) in [5.74, 6) is -0.925. The van der Waals surface area contributed by atoms with Crippen LogP contribution in [0.5, 0.6) is 0 Å². The van der Waals surface area contributed by atoms with E-state index >= 15 is 0 Å². The highest BCUT2D eigenvalue weighted by Crippen LogP contribution is 2.33. The molecule has 0 atom stereocenters. The molecule has 2 heterocycles. The van der Waals surface area contributed by atoms with Crippen LogP contribution >= 0.6 is 47.8 Å². The Balaban J connectivity index is 2.36. The third-order valence-corrected chi connectivity index (χ3v) is 5.62.